The van der Waals surface area contributed by atoms with Gasteiger partial charge in [-0.25, -0.2) is 4.79 Å². The third-order valence-corrected chi connectivity index (χ3v) is 2.65. The van der Waals surface area contributed by atoms with Crippen molar-refractivity contribution in [3.8, 4) is 0 Å². The molecular formula is C9H16O5. The molecule has 0 aromatic carbocycles. The van der Waals surface area contributed by atoms with Crippen molar-refractivity contribution in [1.29, 1.82) is 0 Å². The monoisotopic (exact) mass is 204 g/mol. The summed E-state index contributed by atoms with van der Waals surface area (Å²) in [6.45, 7) is 1.78. The number of carboxylic acids is 1. The lowest BCUT2D eigenvalue weighted by molar-refractivity contribution is -0.154. The van der Waals surface area contributed by atoms with Crippen LogP contribution < -0.4 is 0 Å². The van der Waals surface area contributed by atoms with E-state index < -0.39 is 18.2 Å². The first-order valence-electron chi connectivity index (χ1n) is 4.67. The number of rotatable bonds is 4. The smallest absolute Gasteiger partial charge is 0.335 e. The number of aliphatic hydroxyl groups excluding tert-OH is 1. The van der Waals surface area contributed by atoms with Crippen LogP contribution in [-0.4, -0.2) is 48.2 Å². The average molecular weight is 204 g/mol. The average Bonchev–Trinajstić information content (AvgIpc) is 2.54. The number of hydrogen-bond acceptors (Lipinski definition) is 4. The molecule has 14 heavy (non-hydrogen) atoms. The largest absolute Gasteiger partial charge is 0.479 e. The quantitative estimate of drug-likeness (QED) is 0.667. The van der Waals surface area contributed by atoms with Gasteiger partial charge in [-0.2, -0.15) is 0 Å². The van der Waals surface area contributed by atoms with E-state index in [1.54, 1.807) is 0 Å². The third kappa shape index (κ3) is 1.89. The Hall–Kier alpha value is -0.650. The fourth-order valence-electron chi connectivity index (χ4n) is 1.92. The Bertz CT molecular complexity index is 205. The maximum absolute atomic E-state index is 10.8. The van der Waals surface area contributed by atoms with Crippen LogP contribution in [0.3, 0.4) is 0 Å². The summed E-state index contributed by atoms with van der Waals surface area (Å²) in [5, 5.41) is 18.0. The first-order chi connectivity index (χ1) is 6.65. The molecule has 2 N–H and O–H groups in total. The summed E-state index contributed by atoms with van der Waals surface area (Å²) in [5.41, 5.74) is 0. The molecular weight excluding hydrogens is 188 g/mol. The van der Waals surface area contributed by atoms with Crippen LogP contribution in [0.15, 0.2) is 0 Å². The van der Waals surface area contributed by atoms with Crippen molar-refractivity contribution in [1.82, 2.24) is 0 Å². The van der Waals surface area contributed by atoms with Gasteiger partial charge in [0.1, 0.15) is 6.10 Å². The number of carboxylic acid groups (broad SMARTS) is 1. The van der Waals surface area contributed by atoms with Gasteiger partial charge in [0.25, 0.3) is 0 Å². The zero-order chi connectivity index (χ0) is 10.7. The summed E-state index contributed by atoms with van der Waals surface area (Å²) in [5.74, 6) is -1.28. The van der Waals surface area contributed by atoms with E-state index in [0.717, 1.165) is 0 Å². The Balaban J connectivity index is 2.78. The highest BCUT2D eigenvalue weighted by Gasteiger charge is 2.47. The lowest BCUT2D eigenvalue weighted by Gasteiger charge is -2.18. The molecule has 1 unspecified atom stereocenters. The molecule has 1 heterocycles. The second-order valence-corrected chi connectivity index (χ2v) is 3.39. The predicted octanol–water partition coefficient (Wildman–Crippen LogP) is -0.128. The molecule has 0 aliphatic carbocycles. The Morgan fingerprint density at radius 1 is 1.57 bits per heavy atom. The molecule has 0 aromatic heterocycles. The fraction of sp³-hybridized carbons (Fsp3) is 0.889. The summed E-state index contributed by atoms with van der Waals surface area (Å²) >= 11 is 0. The van der Waals surface area contributed by atoms with E-state index in [0.29, 0.717) is 6.42 Å². The molecule has 0 radical (unpaired) electrons. The summed E-state index contributed by atoms with van der Waals surface area (Å²) in [7, 11) is 1.44. The maximum Gasteiger partial charge on any atom is 0.335 e. The van der Waals surface area contributed by atoms with E-state index >= 15 is 0 Å². The van der Waals surface area contributed by atoms with Crippen LogP contribution in [0, 0.1) is 5.92 Å². The van der Waals surface area contributed by atoms with E-state index in [2.05, 4.69) is 0 Å². The minimum absolute atomic E-state index is 0.110. The predicted molar refractivity (Wildman–Crippen MR) is 48.0 cm³/mol. The molecule has 1 aliphatic heterocycles. The van der Waals surface area contributed by atoms with Crippen molar-refractivity contribution in [3.63, 3.8) is 0 Å². The third-order valence-electron chi connectivity index (χ3n) is 2.65. The van der Waals surface area contributed by atoms with E-state index in [1.807, 2.05) is 6.92 Å². The SMILES string of the molecule is CCC1O[C@H](C(=O)O)[C@@H](OC)[C@@H]1CO. The van der Waals surface area contributed by atoms with E-state index in [4.69, 9.17) is 19.7 Å². The highest BCUT2D eigenvalue weighted by molar-refractivity contribution is 5.73. The van der Waals surface area contributed by atoms with Gasteiger partial charge in [-0.05, 0) is 6.42 Å². The molecule has 1 saturated heterocycles. The van der Waals surface area contributed by atoms with E-state index in [1.165, 1.54) is 7.11 Å². The Morgan fingerprint density at radius 3 is 2.57 bits per heavy atom. The summed E-state index contributed by atoms with van der Waals surface area (Å²) < 4.78 is 10.3. The maximum atomic E-state index is 10.8. The van der Waals surface area contributed by atoms with Crippen molar-refractivity contribution in [2.24, 2.45) is 5.92 Å². The van der Waals surface area contributed by atoms with Gasteiger partial charge in [0.05, 0.1) is 12.7 Å². The molecule has 1 rings (SSSR count). The number of aliphatic hydroxyl groups is 1. The molecule has 1 fully saturated rings. The highest BCUT2D eigenvalue weighted by atomic mass is 16.6. The van der Waals surface area contributed by atoms with Gasteiger partial charge in [0.15, 0.2) is 6.10 Å². The summed E-state index contributed by atoms with van der Waals surface area (Å²) in [4.78, 5) is 10.8. The molecule has 0 bridgehead atoms. The zero-order valence-corrected chi connectivity index (χ0v) is 8.34. The summed E-state index contributed by atoms with van der Waals surface area (Å²) in [6.07, 6.45) is -1.06. The van der Waals surface area contributed by atoms with Crippen LogP contribution in [0.4, 0.5) is 0 Å². The fourth-order valence-corrected chi connectivity index (χ4v) is 1.92. The Kier molecular flexibility index (Phi) is 3.86. The van der Waals surface area contributed by atoms with Crippen LogP contribution in [-0.2, 0) is 14.3 Å². The van der Waals surface area contributed by atoms with Gasteiger partial charge in [-0.3, -0.25) is 0 Å². The molecule has 5 heteroatoms. The van der Waals surface area contributed by atoms with Crippen LogP contribution in [0.1, 0.15) is 13.3 Å². The van der Waals surface area contributed by atoms with Crippen molar-refractivity contribution < 1.29 is 24.5 Å². The van der Waals surface area contributed by atoms with Crippen LogP contribution >= 0.6 is 0 Å². The van der Waals surface area contributed by atoms with Crippen LogP contribution in [0.2, 0.25) is 0 Å². The molecule has 0 spiro atoms. The molecule has 1 aliphatic rings. The Morgan fingerprint density at radius 2 is 2.21 bits per heavy atom. The zero-order valence-electron chi connectivity index (χ0n) is 8.34. The highest BCUT2D eigenvalue weighted by Crippen LogP contribution is 2.30. The van der Waals surface area contributed by atoms with Gasteiger partial charge < -0.3 is 19.7 Å². The van der Waals surface area contributed by atoms with Gasteiger partial charge in [0.2, 0.25) is 0 Å². The number of carbonyl (C=O) groups is 1. The lowest BCUT2D eigenvalue weighted by atomic mass is 9.95. The molecule has 5 nitrogen and oxygen atoms in total. The standard InChI is InChI=1S/C9H16O5/c1-3-6-5(4-10)7(13-2)8(14-6)9(11)12/h5-8,10H,3-4H2,1-2H3,(H,11,12)/t5-,6?,7+,8+/m1/s1. The molecule has 82 valence electrons. The second-order valence-electron chi connectivity index (χ2n) is 3.39. The first kappa shape index (κ1) is 11.4. The van der Waals surface area contributed by atoms with Gasteiger partial charge in [-0.15, -0.1) is 0 Å². The minimum Gasteiger partial charge on any atom is -0.479 e. The van der Waals surface area contributed by atoms with Crippen molar-refractivity contribution >= 4 is 5.97 Å². The minimum atomic E-state index is -1.04. The number of methoxy groups -OCH3 is 1. The van der Waals surface area contributed by atoms with Gasteiger partial charge in [0, 0.05) is 13.0 Å². The van der Waals surface area contributed by atoms with Gasteiger partial charge >= 0.3 is 5.97 Å². The van der Waals surface area contributed by atoms with Crippen molar-refractivity contribution in [2.45, 2.75) is 31.7 Å². The second kappa shape index (κ2) is 4.72. The Labute approximate surface area is 82.6 Å². The van der Waals surface area contributed by atoms with Crippen LogP contribution in [0.25, 0.3) is 0 Å². The van der Waals surface area contributed by atoms with E-state index in [-0.39, 0.29) is 18.6 Å². The molecule has 4 atom stereocenters. The molecule has 0 saturated carbocycles. The number of ether oxygens (including phenoxy) is 2. The summed E-state index contributed by atoms with van der Waals surface area (Å²) in [6, 6.07) is 0. The normalized spacial score (nSPS) is 37.4. The molecule has 0 amide bonds. The van der Waals surface area contributed by atoms with Crippen molar-refractivity contribution in [3.05, 3.63) is 0 Å². The lowest BCUT2D eigenvalue weighted by Crippen LogP contribution is -2.36. The molecule has 0 aromatic rings. The number of hydrogen-bond donors (Lipinski definition) is 2. The van der Waals surface area contributed by atoms with Crippen molar-refractivity contribution in [2.75, 3.05) is 13.7 Å². The van der Waals surface area contributed by atoms with Crippen LogP contribution in [0.5, 0.6) is 0 Å². The van der Waals surface area contributed by atoms with E-state index in [9.17, 15) is 4.79 Å². The topological polar surface area (TPSA) is 76.0 Å². The number of aliphatic carboxylic acids is 1. The first-order valence-corrected chi connectivity index (χ1v) is 4.67. The van der Waals surface area contributed by atoms with Gasteiger partial charge in [-0.1, -0.05) is 6.92 Å².